The largest absolute Gasteiger partial charge is 0.308 e. The minimum atomic E-state index is 0.655. The van der Waals surface area contributed by atoms with Gasteiger partial charge in [-0.3, -0.25) is 0 Å². The highest BCUT2D eigenvalue weighted by Crippen LogP contribution is 2.22. The summed E-state index contributed by atoms with van der Waals surface area (Å²) in [5, 5.41) is 0. The molecular formula is C14H18N4. The lowest BCUT2D eigenvalue weighted by Gasteiger charge is -2.09. The molecule has 0 bridgehead atoms. The molecule has 0 saturated carbocycles. The van der Waals surface area contributed by atoms with Crippen LogP contribution in [0.3, 0.4) is 0 Å². The molecule has 0 radical (unpaired) electrons. The van der Waals surface area contributed by atoms with E-state index in [0.717, 1.165) is 29.9 Å². The van der Waals surface area contributed by atoms with Crippen molar-refractivity contribution < 1.29 is 0 Å². The number of hydrogen-bond acceptors (Lipinski definition) is 4. The molecule has 0 spiro atoms. The Hall–Kier alpha value is -1.94. The Morgan fingerprint density at radius 3 is 2.56 bits per heavy atom. The van der Waals surface area contributed by atoms with Crippen molar-refractivity contribution in [2.24, 2.45) is 5.84 Å². The van der Waals surface area contributed by atoms with Gasteiger partial charge in [-0.05, 0) is 18.4 Å². The summed E-state index contributed by atoms with van der Waals surface area (Å²) in [7, 11) is 0. The van der Waals surface area contributed by atoms with Gasteiger partial charge in [0.1, 0.15) is 5.82 Å². The molecule has 0 aliphatic heterocycles. The van der Waals surface area contributed by atoms with Crippen molar-refractivity contribution in [3.63, 3.8) is 0 Å². The van der Waals surface area contributed by atoms with E-state index < -0.39 is 0 Å². The Labute approximate surface area is 107 Å². The first kappa shape index (κ1) is 12.5. The van der Waals surface area contributed by atoms with Crippen molar-refractivity contribution in [3.05, 3.63) is 41.6 Å². The quantitative estimate of drug-likeness (QED) is 0.639. The van der Waals surface area contributed by atoms with Crippen LogP contribution in [0.5, 0.6) is 0 Å². The Balaban J connectivity index is 2.55. The molecule has 0 amide bonds. The molecule has 1 aromatic heterocycles. The van der Waals surface area contributed by atoms with Gasteiger partial charge in [0.15, 0.2) is 5.82 Å². The molecule has 94 valence electrons. The van der Waals surface area contributed by atoms with Crippen molar-refractivity contribution in [2.75, 3.05) is 5.43 Å². The Morgan fingerprint density at radius 1 is 1.11 bits per heavy atom. The topological polar surface area (TPSA) is 63.8 Å². The fourth-order valence-corrected chi connectivity index (χ4v) is 1.92. The van der Waals surface area contributed by atoms with Gasteiger partial charge in [0.05, 0.1) is 0 Å². The number of nitrogens with zero attached hydrogens (tertiary/aromatic N) is 2. The number of nitrogen functional groups attached to an aromatic ring is 1. The second-order valence-corrected chi connectivity index (χ2v) is 4.08. The van der Waals surface area contributed by atoms with Crippen molar-refractivity contribution in [1.82, 2.24) is 9.97 Å². The maximum absolute atomic E-state index is 5.45. The number of aryl methyl sites for hydroxylation is 2. The van der Waals surface area contributed by atoms with Gasteiger partial charge in [-0.25, -0.2) is 15.8 Å². The lowest BCUT2D eigenvalue weighted by atomic mass is 10.0. The zero-order chi connectivity index (χ0) is 13.0. The molecule has 2 rings (SSSR count). The maximum atomic E-state index is 5.45. The van der Waals surface area contributed by atoms with Crippen molar-refractivity contribution >= 4 is 5.82 Å². The molecule has 1 heterocycles. The van der Waals surface area contributed by atoms with Crippen molar-refractivity contribution in [3.8, 4) is 11.4 Å². The first-order valence-electron chi connectivity index (χ1n) is 6.21. The summed E-state index contributed by atoms with van der Waals surface area (Å²) in [5.74, 6) is 6.84. The number of nitrogens with two attached hydrogens (primary N) is 1. The van der Waals surface area contributed by atoms with Gasteiger partial charge in [-0.1, -0.05) is 38.1 Å². The van der Waals surface area contributed by atoms with E-state index in [9.17, 15) is 0 Å². The van der Waals surface area contributed by atoms with Crippen LogP contribution in [-0.2, 0) is 12.8 Å². The first-order chi connectivity index (χ1) is 8.78. The molecule has 0 aliphatic carbocycles. The van der Waals surface area contributed by atoms with Crippen LogP contribution in [-0.4, -0.2) is 9.97 Å². The third-order valence-corrected chi connectivity index (χ3v) is 2.93. The predicted octanol–water partition coefficient (Wildman–Crippen LogP) is 2.55. The van der Waals surface area contributed by atoms with Crippen LogP contribution < -0.4 is 11.3 Å². The fraction of sp³-hybridized carbons (Fsp3) is 0.286. The van der Waals surface area contributed by atoms with Gasteiger partial charge < -0.3 is 5.43 Å². The third kappa shape index (κ3) is 2.49. The summed E-state index contributed by atoms with van der Waals surface area (Å²) in [4.78, 5) is 9.00. The van der Waals surface area contributed by atoms with Crippen LogP contribution in [0.2, 0.25) is 0 Å². The van der Waals surface area contributed by atoms with Crippen LogP contribution in [0.1, 0.15) is 25.1 Å². The lowest BCUT2D eigenvalue weighted by Crippen LogP contribution is -2.10. The minimum Gasteiger partial charge on any atom is -0.308 e. The summed E-state index contributed by atoms with van der Waals surface area (Å²) in [6.07, 6.45) is 1.82. The van der Waals surface area contributed by atoms with E-state index in [1.165, 1.54) is 5.56 Å². The van der Waals surface area contributed by atoms with E-state index in [0.29, 0.717) is 5.82 Å². The second kappa shape index (κ2) is 5.60. The van der Waals surface area contributed by atoms with Crippen LogP contribution >= 0.6 is 0 Å². The molecule has 0 atom stereocenters. The smallest absolute Gasteiger partial charge is 0.162 e. The summed E-state index contributed by atoms with van der Waals surface area (Å²) in [6.45, 7) is 4.20. The number of benzene rings is 1. The number of anilines is 1. The maximum Gasteiger partial charge on any atom is 0.162 e. The molecule has 3 N–H and O–H groups in total. The van der Waals surface area contributed by atoms with Crippen molar-refractivity contribution in [1.29, 1.82) is 0 Å². The summed E-state index contributed by atoms with van der Waals surface area (Å²) >= 11 is 0. The molecule has 2 aromatic rings. The molecule has 0 unspecified atom stereocenters. The monoisotopic (exact) mass is 242 g/mol. The van der Waals surface area contributed by atoms with Gasteiger partial charge >= 0.3 is 0 Å². The summed E-state index contributed by atoms with van der Waals surface area (Å²) in [5.41, 5.74) is 5.90. The highest BCUT2D eigenvalue weighted by molar-refractivity contribution is 5.62. The molecular weight excluding hydrogens is 224 g/mol. The van der Waals surface area contributed by atoms with Crippen LogP contribution in [0.15, 0.2) is 30.3 Å². The minimum absolute atomic E-state index is 0.655. The molecule has 1 aromatic carbocycles. The highest BCUT2D eigenvalue weighted by Gasteiger charge is 2.08. The SMILES string of the molecule is CCc1cc(NN)nc(-c2ccccc2CC)n1. The van der Waals surface area contributed by atoms with E-state index in [2.05, 4.69) is 35.3 Å². The van der Waals surface area contributed by atoms with E-state index in [1.54, 1.807) is 0 Å². The Bertz CT molecular complexity index is 515. The number of rotatable bonds is 4. The normalized spacial score (nSPS) is 10.4. The van der Waals surface area contributed by atoms with E-state index in [-0.39, 0.29) is 0 Å². The predicted molar refractivity (Wildman–Crippen MR) is 74.0 cm³/mol. The fourth-order valence-electron chi connectivity index (χ4n) is 1.92. The molecule has 4 nitrogen and oxygen atoms in total. The number of hydrazine groups is 1. The number of nitrogens with one attached hydrogen (secondary N) is 1. The van der Waals surface area contributed by atoms with Gasteiger partial charge in [0, 0.05) is 17.3 Å². The first-order valence-corrected chi connectivity index (χ1v) is 6.21. The van der Waals surface area contributed by atoms with E-state index >= 15 is 0 Å². The number of hydrogen-bond donors (Lipinski definition) is 2. The molecule has 0 fully saturated rings. The van der Waals surface area contributed by atoms with Crippen LogP contribution in [0, 0.1) is 0 Å². The Morgan fingerprint density at radius 2 is 1.89 bits per heavy atom. The third-order valence-electron chi connectivity index (χ3n) is 2.93. The van der Waals surface area contributed by atoms with Gasteiger partial charge in [0.2, 0.25) is 0 Å². The van der Waals surface area contributed by atoms with E-state index in [1.807, 2.05) is 24.3 Å². The lowest BCUT2D eigenvalue weighted by molar-refractivity contribution is 0.996. The van der Waals surface area contributed by atoms with Gasteiger partial charge in [-0.15, -0.1) is 0 Å². The molecule has 18 heavy (non-hydrogen) atoms. The molecule has 0 saturated heterocycles. The number of aromatic nitrogens is 2. The molecule has 4 heteroatoms. The molecule has 0 aliphatic rings. The van der Waals surface area contributed by atoms with Crippen molar-refractivity contribution in [2.45, 2.75) is 26.7 Å². The van der Waals surface area contributed by atoms with Crippen LogP contribution in [0.25, 0.3) is 11.4 Å². The van der Waals surface area contributed by atoms with E-state index in [4.69, 9.17) is 5.84 Å². The summed E-state index contributed by atoms with van der Waals surface area (Å²) in [6, 6.07) is 10.1. The van der Waals surface area contributed by atoms with Gasteiger partial charge in [0.25, 0.3) is 0 Å². The standard InChI is InChI=1S/C14H18N4/c1-3-10-7-5-6-8-12(10)14-16-11(4-2)9-13(17-14)18-15/h5-9H,3-4,15H2,1-2H3,(H,16,17,18). The highest BCUT2D eigenvalue weighted by atomic mass is 15.3. The average molecular weight is 242 g/mol. The summed E-state index contributed by atoms with van der Waals surface area (Å²) < 4.78 is 0. The van der Waals surface area contributed by atoms with Gasteiger partial charge in [-0.2, -0.15) is 0 Å². The second-order valence-electron chi connectivity index (χ2n) is 4.08. The zero-order valence-corrected chi connectivity index (χ0v) is 10.8. The van der Waals surface area contributed by atoms with Crippen LogP contribution in [0.4, 0.5) is 5.82 Å². The average Bonchev–Trinajstić information content (AvgIpc) is 2.46. The Kier molecular flexibility index (Phi) is 3.89. The zero-order valence-electron chi connectivity index (χ0n) is 10.8.